The van der Waals surface area contributed by atoms with Crippen LogP contribution in [-0.2, 0) is 14.3 Å². The minimum Gasteiger partial charge on any atom is -0.394 e. The molecular formula is C50H93NO8. The average molecular weight is 836 g/mol. The highest BCUT2D eigenvalue weighted by Crippen LogP contribution is 2.23. The van der Waals surface area contributed by atoms with E-state index >= 15 is 0 Å². The summed E-state index contributed by atoms with van der Waals surface area (Å²) >= 11 is 0. The number of rotatable bonds is 41. The number of hydrogen-bond acceptors (Lipinski definition) is 8. The van der Waals surface area contributed by atoms with Gasteiger partial charge in [-0.15, -0.1) is 0 Å². The molecule has 1 aliphatic heterocycles. The summed E-state index contributed by atoms with van der Waals surface area (Å²) in [6, 6.07) is -0.821. The molecule has 6 N–H and O–H groups in total. The van der Waals surface area contributed by atoms with E-state index < -0.39 is 49.5 Å². The van der Waals surface area contributed by atoms with Crippen LogP contribution in [-0.4, -0.2) is 87.5 Å². The van der Waals surface area contributed by atoms with Gasteiger partial charge in [-0.3, -0.25) is 4.79 Å². The van der Waals surface area contributed by atoms with E-state index in [4.69, 9.17) is 9.47 Å². The third-order valence-electron chi connectivity index (χ3n) is 11.7. The van der Waals surface area contributed by atoms with Crippen molar-refractivity contribution in [1.29, 1.82) is 0 Å². The molecule has 0 aliphatic carbocycles. The van der Waals surface area contributed by atoms with Crippen molar-refractivity contribution in [2.24, 2.45) is 0 Å². The van der Waals surface area contributed by atoms with E-state index in [0.717, 1.165) is 38.5 Å². The summed E-state index contributed by atoms with van der Waals surface area (Å²) in [6.45, 7) is 3.74. The Morgan fingerprint density at radius 2 is 0.966 bits per heavy atom. The van der Waals surface area contributed by atoms with Crippen LogP contribution in [0.2, 0.25) is 0 Å². The Hall–Kier alpha value is -1.59. The SMILES string of the molecule is CCCCCCCC/C=C/CC/C=C/C(O)C(COC1OC(CO)C(O)C(O)C1O)NC(=O)CCCCCCCCCC/C=C\CCCCCCCCCCCCCC. The first-order valence-corrected chi connectivity index (χ1v) is 24.7. The van der Waals surface area contributed by atoms with Gasteiger partial charge >= 0.3 is 0 Å². The molecule has 7 unspecified atom stereocenters. The van der Waals surface area contributed by atoms with Gasteiger partial charge < -0.3 is 40.3 Å². The van der Waals surface area contributed by atoms with Gasteiger partial charge in [0, 0.05) is 6.42 Å². The average Bonchev–Trinajstić information content (AvgIpc) is 3.23. The van der Waals surface area contributed by atoms with Crippen molar-refractivity contribution in [3.8, 4) is 0 Å². The number of amides is 1. The Kier molecular flexibility index (Phi) is 38.0. The molecule has 59 heavy (non-hydrogen) atoms. The number of allylic oxidation sites excluding steroid dienone is 5. The van der Waals surface area contributed by atoms with Crippen LogP contribution in [0.25, 0.3) is 0 Å². The molecule has 7 atom stereocenters. The number of aliphatic hydroxyl groups is 5. The number of hydrogen-bond donors (Lipinski definition) is 6. The van der Waals surface area contributed by atoms with E-state index in [1.807, 2.05) is 6.08 Å². The number of nitrogens with one attached hydrogen (secondary N) is 1. The molecule has 9 nitrogen and oxygen atoms in total. The van der Waals surface area contributed by atoms with Crippen LogP contribution in [0.4, 0.5) is 0 Å². The molecule has 0 aromatic carbocycles. The minimum atomic E-state index is -1.57. The second-order valence-electron chi connectivity index (χ2n) is 17.2. The molecule has 1 fully saturated rings. The molecule has 0 saturated carbocycles. The number of unbranched alkanes of at least 4 members (excludes halogenated alkanes) is 27. The highest BCUT2D eigenvalue weighted by molar-refractivity contribution is 5.76. The van der Waals surface area contributed by atoms with Crippen LogP contribution >= 0.6 is 0 Å². The molecule has 1 amide bonds. The van der Waals surface area contributed by atoms with Crippen molar-refractivity contribution < 1.29 is 39.8 Å². The lowest BCUT2D eigenvalue weighted by Crippen LogP contribution is -2.60. The molecular weight excluding hydrogens is 743 g/mol. The zero-order valence-corrected chi connectivity index (χ0v) is 38.0. The van der Waals surface area contributed by atoms with Crippen LogP contribution in [0.1, 0.15) is 219 Å². The predicted octanol–water partition coefficient (Wildman–Crippen LogP) is 10.8. The normalized spacial score (nSPS) is 21.0. The first-order valence-electron chi connectivity index (χ1n) is 24.7. The molecule has 1 heterocycles. The molecule has 0 bridgehead atoms. The topological polar surface area (TPSA) is 149 Å². The number of carbonyl (C=O) groups is 1. The highest BCUT2D eigenvalue weighted by atomic mass is 16.7. The van der Waals surface area contributed by atoms with Gasteiger partial charge in [0.25, 0.3) is 0 Å². The molecule has 1 saturated heterocycles. The van der Waals surface area contributed by atoms with E-state index in [1.165, 1.54) is 161 Å². The third kappa shape index (κ3) is 31.0. The summed E-state index contributed by atoms with van der Waals surface area (Å²) in [5.74, 6) is -0.190. The lowest BCUT2D eigenvalue weighted by Gasteiger charge is -2.40. The lowest BCUT2D eigenvalue weighted by atomic mass is 9.99. The first-order chi connectivity index (χ1) is 28.8. The first kappa shape index (κ1) is 55.4. The maximum absolute atomic E-state index is 13.0. The Morgan fingerprint density at radius 1 is 0.559 bits per heavy atom. The summed E-state index contributed by atoms with van der Waals surface area (Å²) in [7, 11) is 0. The third-order valence-corrected chi connectivity index (χ3v) is 11.7. The molecule has 0 spiro atoms. The van der Waals surface area contributed by atoms with Crippen molar-refractivity contribution in [2.45, 2.75) is 262 Å². The van der Waals surface area contributed by atoms with Gasteiger partial charge in [0.2, 0.25) is 5.91 Å². The molecule has 0 aromatic rings. The fraction of sp³-hybridized carbons (Fsp3) is 0.860. The Morgan fingerprint density at radius 3 is 1.42 bits per heavy atom. The number of aliphatic hydroxyl groups excluding tert-OH is 5. The summed E-state index contributed by atoms with van der Waals surface area (Å²) in [5.41, 5.74) is 0. The lowest BCUT2D eigenvalue weighted by molar-refractivity contribution is -0.302. The molecule has 346 valence electrons. The summed E-state index contributed by atoms with van der Waals surface area (Å²) in [5, 5.41) is 54.1. The van der Waals surface area contributed by atoms with Crippen LogP contribution < -0.4 is 5.32 Å². The van der Waals surface area contributed by atoms with Crippen molar-refractivity contribution in [3.63, 3.8) is 0 Å². The number of ether oxygens (including phenoxy) is 2. The highest BCUT2D eigenvalue weighted by Gasteiger charge is 2.44. The van der Waals surface area contributed by atoms with E-state index in [0.29, 0.717) is 6.42 Å². The van der Waals surface area contributed by atoms with Crippen LogP contribution in [0.15, 0.2) is 36.5 Å². The zero-order chi connectivity index (χ0) is 43.0. The molecule has 9 heteroatoms. The van der Waals surface area contributed by atoms with Gasteiger partial charge in [-0.1, -0.05) is 192 Å². The predicted molar refractivity (Wildman–Crippen MR) is 244 cm³/mol. The largest absolute Gasteiger partial charge is 0.394 e. The number of carbonyl (C=O) groups excluding carboxylic acids is 1. The second-order valence-corrected chi connectivity index (χ2v) is 17.2. The van der Waals surface area contributed by atoms with Gasteiger partial charge in [-0.2, -0.15) is 0 Å². The molecule has 0 aromatic heterocycles. The monoisotopic (exact) mass is 836 g/mol. The maximum atomic E-state index is 13.0. The quantitative estimate of drug-likeness (QED) is 0.0263. The van der Waals surface area contributed by atoms with Crippen molar-refractivity contribution in [3.05, 3.63) is 36.5 Å². The fourth-order valence-corrected chi connectivity index (χ4v) is 7.70. The van der Waals surface area contributed by atoms with E-state index in [-0.39, 0.29) is 12.5 Å². The summed E-state index contributed by atoms with van der Waals surface area (Å²) in [4.78, 5) is 13.0. The second kappa shape index (κ2) is 40.5. The van der Waals surface area contributed by atoms with Crippen molar-refractivity contribution in [1.82, 2.24) is 5.32 Å². The van der Waals surface area contributed by atoms with Crippen LogP contribution in [0, 0.1) is 0 Å². The minimum absolute atomic E-state index is 0.190. The Bertz CT molecular complexity index is 1020. The van der Waals surface area contributed by atoms with Crippen molar-refractivity contribution in [2.75, 3.05) is 13.2 Å². The van der Waals surface area contributed by atoms with Crippen molar-refractivity contribution >= 4 is 5.91 Å². The van der Waals surface area contributed by atoms with Gasteiger partial charge in [0.1, 0.15) is 24.4 Å². The smallest absolute Gasteiger partial charge is 0.220 e. The van der Waals surface area contributed by atoms with Gasteiger partial charge in [0.05, 0.1) is 25.4 Å². The zero-order valence-electron chi connectivity index (χ0n) is 38.0. The van der Waals surface area contributed by atoms with Crippen LogP contribution in [0.3, 0.4) is 0 Å². The summed E-state index contributed by atoms with van der Waals surface area (Å²) < 4.78 is 11.2. The van der Waals surface area contributed by atoms with E-state index in [2.05, 4.69) is 43.5 Å². The fourth-order valence-electron chi connectivity index (χ4n) is 7.70. The Labute approximate surface area is 361 Å². The maximum Gasteiger partial charge on any atom is 0.220 e. The van der Waals surface area contributed by atoms with Gasteiger partial charge in [0.15, 0.2) is 6.29 Å². The molecule has 1 rings (SSSR count). The standard InChI is InChI=1S/C50H93NO8/c1-3-5-7-9-11-13-15-17-18-19-20-21-22-23-24-25-26-27-28-30-32-34-36-38-40-46(54)51-43(42-58-50-49(57)48(56)47(55)45(41-52)59-50)44(53)39-37-35-33-31-29-16-14-12-10-8-6-4-2/h23-24,29,31,37,39,43-45,47-50,52-53,55-57H,3-22,25-28,30,32-36,38,40-42H2,1-2H3,(H,51,54)/b24-23-,31-29+,39-37+. The van der Waals surface area contributed by atoms with E-state index in [9.17, 15) is 30.3 Å². The Balaban J connectivity index is 2.26. The van der Waals surface area contributed by atoms with E-state index in [1.54, 1.807) is 6.08 Å². The molecule has 1 aliphatic rings. The molecule has 0 radical (unpaired) electrons. The van der Waals surface area contributed by atoms with Gasteiger partial charge in [-0.05, 0) is 57.8 Å². The van der Waals surface area contributed by atoms with Crippen LogP contribution in [0.5, 0.6) is 0 Å². The van der Waals surface area contributed by atoms with Gasteiger partial charge in [-0.25, -0.2) is 0 Å². The summed E-state index contributed by atoms with van der Waals surface area (Å²) in [6.07, 6.45) is 43.5.